The molecule has 34 heavy (non-hydrogen) atoms. The lowest BCUT2D eigenvalue weighted by Gasteiger charge is -2.10. The molecule has 0 saturated heterocycles. The van der Waals surface area contributed by atoms with Gasteiger partial charge in [0, 0.05) is 24.2 Å². The second kappa shape index (κ2) is 9.49. The van der Waals surface area contributed by atoms with Crippen LogP contribution in [0.25, 0.3) is 22.3 Å². The molecule has 0 radical (unpaired) electrons. The molecule has 1 amide bonds. The minimum atomic E-state index is -0.703. The van der Waals surface area contributed by atoms with Crippen LogP contribution in [0.3, 0.4) is 0 Å². The quantitative estimate of drug-likeness (QED) is 0.250. The van der Waals surface area contributed by atoms with Crippen molar-refractivity contribution in [2.75, 3.05) is 11.9 Å². The van der Waals surface area contributed by atoms with Crippen LogP contribution in [0.15, 0.2) is 60.8 Å². The van der Waals surface area contributed by atoms with E-state index in [0.29, 0.717) is 28.8 Å². The molecule has 1 N–H and O–H groups in total. The molecule has 0 saturated carbocycles. The summed E-state index contributed by atoms with van der Waals surface area (Å²) in [5.74, 6) is -1.32. The van der Waals surface area contributed by atoms with Crippen molar-refractivity contribution < 1.29 is 19.2 Å². The van der Waals surface area contributed by atoms with Gasteiger partial charge >= 0.3 is 5.97 Å². The normalized spacial score (nSPS) is 10.8. The topological polar surface area (TPSA) is 129 Å². The van der Waals surface area contributed by atoms with E-state index in [4.69, 9.17) is 4.74 Å². The van der Waals surface area contributed by atoms with Gasteiger partial charge in [-0.15, -0.1) is 0 Å². The first-order valence-electron chi connectivity index (χ1n) is 10.5. The van der Waals surface area contributed by atoms with Crippen LogP contribution in [0, 0.1) is 17.0 Å². The predicted octanol–water partition coefficient (Wildman–Crippen LogP) is 4.13. The molecular formula is C24H21N5O5. The van der Waals surface area contributed by atoms with Crippen LogP contribution in [0.1, 0.15) is 22.8 Å². The first kappa shape index (κ1) is 22.6. The highest BCUT2D eigenvalue weighted by Crippen LogP contribution is 2.26. The molecule has 0 unspecified atom stereocenters. The van der Waals surface area contributed by atoms with E-state index >= 15 is 0 Å². The Morgan fingerprint density at radius 3 is 2.62 bits per heavy atom. The Labute approximate surface area is 194 Å². The molecule has 4 rings (SSSR count). The molecule has 0 fully saturated rings. The SMILES string of the molecule is CCn1ncc2c(C(=O)OCC(=O)Nc3cc([N+](=O)[O-])ccc3C)cc(-c3ccccc3)nc21. The zero-order valence-electron chi connectivity index (χ0n) is 18.5. The van der Waals surface area contributed by atoms with Gasteiger partial charge in [-0.25, -0.2) is 14.5 Å². The third-order valence-electron chi connectivity index (χ3n) is 5.24. The average Bonchev–Trinajstić information content (AvgIpc) is 3.26. The molecule has 2 aromatic carbocycles. The minimum absolute atomic E-state index is 0.154. The van der Waals surface area contributed by atoms with Crippen molar-refractivity contribution in [2.45, 2.75) is 20.4 Å². The molecular weight excluding hydrogens is 438 g/mol. The smallest absolute Gasteiger partial charge is 0.339 e. The Bertz CT molecular complexity index is 1400. The number of aryl methyl sites for hydroxylation is 2. The number of rotatable bonds is 7. The fourth-order valence-corrected chi connectivity index (χ4v) is 3.46. The number of hydrogen-bond donors (Lipinski definition) is 1. The van der Waals surface area contributed by atoms with Crippen LogP contribution in [-0.2, 0) is 16.1 Å². The number of nitro groups is 1. The van der Waals surface area contributed by atoms with Gasteiger partial charge in [-0.1, -0.05) is 36.4 Å². The molecule has 0 bridgehead atoms. The first-order valence-corrected chi connectivity index (χ1v) is 10.5. The number of non-ortho nitro benzene ring substituents is 1. The van der Waals surface area contributed by atoms with Gasteiger partial charge in [-0.3, -0.25) is 14.9 Å². The van der Waals surface area contributed by atoms with E-state index < -0.39 is 23.4 Å². The largest absolute Gasteiger partial charge is 0.452 e. The number of ether oxygens (including phenoxy) is 1. The summed E-state index contributed by atoms with van der Waals surface area (Å²) in [5, 5.41) is 18.3. The van der Waals surface area contributed by atoms with E-state index in [1.165, 1.54) is 18.2 Å². The number of nitrogens with zero attached hydrogens (tertiary/aromatic N) is 4. The summed E-state index contributed by atoms with van der Waals surface area (Å²) in [6.07, 6.45) is 1.55. The van der Waals surface area contributed by atoms with Crippen LogP contribution in [0.2, 0.25) is 0 Å². The number of anilines is 1. The van der Waals surface area contributed by atoms with Crippen molar-refractivity contribution in [3.8, 4) is 11.3 Å². The van der Waals surface area contributed by atoms with Crippen molar-refractivity contribution >= 4 is 34.3 Å². The van der Waals surface area contributed by atoms with E-state index in [1.54, 1.807) is 23.9 Å². The summed E-state index contributed by atoms with van der Waals surface area (Å²) in [6.45, 7) is 3.62. The number of hydrogen-bond acceptors (Lipinski definition) is 7. The molecule has 10 nitrogen and oxygen atoms in total. The van der Waals surface area contributed by atoms with E-state index in [9.17, 15) is 19.7 Å². The summed E-state index contributed by atoms with van der Waals surface area (Å²) in [4.78, 5) is 40.5. The molecule has 10 heteroatoms. The predicted molar refractivity (Wildman–Crippen MR) is 125 cm³/mol. The number of nitrogens with one attached hydrogen (secondary N) is 1. The van der Waals surface area contributed by atoms with E-state index in [1.807, 2.05) is 37.3 Å². The zero-order valence-corrected chi connectivity index (χ0v) is 18.5. The Hall–Kier alpha value is -4.60. The second-order valence-corrected chi connectivity index (χ2v) is 7.50. The number of amides is 1. The monoisotopic (exact) mass is 459 g/mol. The van der Waals surface area contributed by atoms with Crippen LogP contribution in [0.5, 0.6) is 0 Å². The van der Waals surface area contributed by atoms with E-state index in [0.717, 1.165) is 5.56 Å². The van der Waals surface area contributed by atoms with Crippen LogP contribution < -0.4 is 5.32 Å². The molecule has 0 aliphatic rings. The lowest BCUT2D eigenvalue weighted by molar-refractivity contribution is -0.384. The maximum absolute atomic E-state index is 13.0. The van der Waals surface area contributed by atoms with Crippen LogP contribution in [-0.4, -0.2) is 38.2 Å². The minimum Gasteiger partial charge on any atom is -0.452 e. The number of pyridine rings is 1. The molecule has 2 heterocycles. The van der Waals surface area contributed by atoms with Crippen molar-refractivity contribution in [3.05, 3.63) is 82.0 Å². The van der Waals surface area contributed by atoms with Gasteiger partial charge < -0.3 is 10.1 Å². The number of nitro benzene ring substituents is 1. The number of fused-ring (bicyclic) bond motifs is 1. The van der Waals surface area contributed by atoms with Crippen molar-refractivity contribution in [2.24, 2.45) is 0 Å². The standard InChI is InChI=1S/C24H21N5O5/c1-3-28-23-19(13-25-28)18(12-21(27-23)16-7-5-4-6-8-16)24(31)34-14-22(30)26-20-11-17(29(32)33)10-9-15(20)2/h4-13H,3,14H2,1-2H3,(H,26,30). The Morgan fingerprint density at radius 1 is 1.15 bits per heavy atom. The third-order valence-corrected chi connectivity index (χ3v) is 5.24. The van der Waals surface area contributed by atoms with Gasteiger partial charge in [0.25, 0.3) is 11.6 Å². The highest BCUT2D eigenvalue weighted by Gasteiger charge is 2.20. The number of benzene rings is 2. The summed E-state index contributed by atoms with van der Waals surface area (Å²) in [5.41, 5.74) is 2.93. The van der Waals surface area contributed by atoms with Gasteiger partial charge in [0.15, 0.2) is 12.3 Å². The van der Waals surface area contributed by atoms with Crippen molar-refractivity contribution in [1.29, 1.82) is 0 Å². The van der Waals surface area contributed by atoms with Crippen LogP contribution in [0.4, 0.5) is 11.4 Å². The zero-order chi connectivity index (χ0) is 24.2. The molecule has 2 aromatic heterocycles. The van der Waals surface area contributed by atoms with E-state index in [-0.39, 0.29) is 16.9 Å². The maximum Gasteiger partial charge on any atom is 0.339 e. The van der Waals surface area contributed by atoms with Gasteiger partial charge in [0.05, 0.1) is 33.5 Å². The fourth-order valence-electron chi connectivity index (χ4n) is 3.46. The number of carbonyl (C=O) groups excluding carboxylic acids is 2. The highest BCUT2D eigenvalue weighted by molar-refractivity contribution is 6.05. The van der Waals surface area contributed by atoms with Gasteiger partial charge in [-0.2, -0.15) is 5.10 Å². The molecule has 4 aromatic rings. The average molecular weight is 459 g/mol. The molecule has 0 spiro atoms. The third kappa shape index (κ3) is 4.60. The number of aromatic nitrogens is 3. The number of carbonyl (C=O) groups is 2. The fraction of sp³-hybridized carbons (Fsp3) is 0.167. The summed E-state index contributed by atoms with van der Waals surface area (Å²) in [7, 11) is 0. The molecule has 172 valence electrons. The first-order chi connectivity index (χ1) is 16.4. The Kier molecular flexibility index (Phi) is 6.30. The highest BCUT2D eigenvalue weighted by atomic mass is 16.6. The van der Waals surface area contributed by atoms with Crippen molar-refractivity contribution in [1.82, 2.24) is 14.8 Å². The molecule has 0 atom stereocenters. The lowest BCUT2D eigenvalue weighted by atomic mass is 10.1. The van der Waals surface area contributed by atoms with Gasteiger partial charge in [0.1, 0.15) is 0 Å². The Morgan fingerprint density at radius 2 is 1.91 bits per heavy atom. The molecule has 0 aliphatic heterocycles. The van der Waals surface area contributed by atoms with Crippen molar-refractivity contribution in [3.63, 3.8) is 0 Å². The summed E-state index contributed by atoms with van der Waals surface area (Å²) >= 11 is 0. The molecule has 0 aliphatic carbocycles. The summed E-state index contributed by atoms with van der Waals surface area (Å²) in [6, 6.07) is 15.1. The second-order valence-electron chi connectivity index (χ2n) is 7.50. The van der Waals surface area contributed by atoms with Gasteiger partial charge in [0.2, 0.25) is 0 Å². The van der Waals surface area contributed by atoms with E-state index in [2.05, 4.69) is 15.4 Å². The summed E-state index contributed by atoms with van der Waals surface area (Å²) < 4.78 is 6.95. The Balaban J connectivity index is 1.56. The number of esters is 1. The van der Waals surface area contributed by atoms with Gasteiger partial charge in [-0.05, 0) is 25.5 Å². The van der Waals surface area contributed by atoms with Crippen LogP contribution >= 0.6 is 0 Å². The lowest BCUT2D eigenvalue weighted by Crippen LogP contribution is -2.21. The maximum atomic E-state index is 13.0.